The minimum Gasteiger partial charge on any atom is -0.469 e. The van der Waals surface area contributed by atoms with Gasteiger partial charge in [-0.3, -0.25) is 9.78 Å². The molecular formula is C11H12F3NO2. The highest BCUT2D eigenvalue weighted by molar-refractivity contribution is 5.72. The molecule has 0 N–H and O–H groups in total. The van der Waals surface area contributed by atoms with E-state index in [2.05, 4.69) is 9.72 Å². The lowest BCUT2D eigenvalue weighted by Crippen LogP contribution is -2.16. The number of pyridine rings is 1. The van der Waals surface area contributed by atoms with Gasteiger partial charge in [0.1, 0.15) is 5.69 Å². The van der Waals surface area contributed by atoms with Crippen LogP contribution in [0.25, 0.3) is 0 Å². The highest BCUT2D eigenvalue weighted by Gasteiger charge is 2.32. The second kappa shape index (κ2) is 5.16. The van der Waals surface area contributed by atoms with Crippen LogP contribution in [-0.4, -0.2) is 18.1 Å². The van der Waals surface area contributed by atoms with Crippen LogP contribution in [-0.2, 0) is 22.1 Å². The zero-order chi connectivity index (χ0) is 13.1. The summed E-state index contributed by atoms with van der Waals surface area (Å²) in [7, 11) is 1.24. The number of aromatic nitrogens is 1. The molecule has 6 heteroatoms. The van der Waals surface area contributed by atoms with Crippen LogP contribution in [0, 0.1) is 5.92 Å². The Morgan fingerprint density at radius 2 is 2.18 bits per heavy atom. The van der Waals surface area contributed by atoms with Gasteiger partial charge in [0, 0.05) is 6.20 Å². The van der Waals surface area contributed by atoms with E-state index in [0.717, 1.165) is 12.3 Å². The van der Waals surface area contributed by atoms with E-state index in [1.807, 2.05) is 0 Å². The van der Waals surface area contributed by atoms with Crippen LogP contribution in [0.1, 0.15) is 18.2 Å². The molecule has 0 saturated heterocycles. The Balaban J connectivity index is 2.83. The highest BCUT2D eigenvalue weighted by Crippen LogP contribution is 2.28. The first-order valence-corrected chi connectivity index (χ1v) is 4.94. The Hall–Kier alpha value is -1.59. The van der Waals surface area contributed by atoms with Crippen molar-refractivity contribution in [3.8, 4) is 0 Å². The topological polar surface area (TPSA) is 39.2 Å². The Bertz CT molecular complexity index is 404. The Morgan fingerprint density at radius 3 is 2.71 bits per heavy atom. The normalized spacial score (nSPS) is 13.2. The van der Waals surface area contributed by atoms with Gasteiger partial charge in [0.05, 0.1) is 13.0 Å². The molecule has 0 spiro atoms. The van der Waals surface area contributed by atoms with Gasteiger partial charge in [-0.15, -0.1) is 0 Å². The standard InChI is InChI=1S/C11H12F3NO2/c1-7(10(16)17-2)5-8-3-4-15-9(6-8)11(12,13)14/h3-4,6-7H,5H2,1-2H3/t7-/m0/s1. The summed E-state index contributed by atoms with van der Waals surface area (Å²) in [5.74, 6) is -0.932. The lowest BCUT2D eigenvalue weighted by molar-refractivity contribution is -0.144. The molecule has 0 fully saturated rings. The Kier molecular flexibility index (Phi) is 4.09. The van der Waals surface area contributed by atoms with E-state index in [4.69, 9.17) is 0 Å². The summed E-state index contributed by atoms with van der Waals surface area (Å²) < 4.78 is 41.6. The SMILES string of the molecule is COC(=O)[C@@H](C)Cc1ccnc(C(F)(F)F)c1. The first-order valence-electron chi connectivity index (χ1n) is 4.94. The lowest BCUT2D eigenvalue weighted by atomic mass is 10.0. The fraction of sp³-hybridized carbons (Fsp3) is 0.455. The zero-order valence-corrected chi connectivity index (χ0v) is 9.41. The summed E-state index contributed by atoms with van der Waals surface area (Å²) in [6.07, 6.45) is -3.19. The largest absolute Gasteiger partial charge is 0.469 e. The van der Waals surface area contributed by atoms with E-state index in [-0.39, 0.29) is 6.42 Å². The molecule has 0 aliphatic rings. The number of ether oxygens (including phenoxy) is 1. The molecule has 1 aromatic rings. The van der Waals surface area contributed by atoms with E-state index in [1.54, 1.807) is 6.92 Å². The van der Waals surface area contributed by atoms with Crippen molar-refractivity contribution in [2.24, 2.45) is 5.92 Å². The second-order valence-corrected chi connectivity index (χ2v) is 3.68. The van der Waals surface area contributed by atoms with E-state index in [0.29, 0.717) is 5.56 Å². The molecule has 0 amide bonds. The van der Waals surface area contributed by atoms with Crippen molar-refractivity contribution in [3.05, 3.63) is 29.6 Å². The van der Waals surface area contributed by atoms with Gasteiger partial charge in [0.2, 0.25) is 0 Å². The van der Waals surface area contributed by atoms with Crippen molar-refractivity contribution in [1.29, 1.82) is 0 Å². The summed E-state index contributed by atoms with van der Waals surface area (Å²) >= 11 is 0. The molecule has 0 aliphatic carbocycles. The van der Waals surface area contributed by atoms with Crippen molar-refractivity contribution in [2.45, 2.75) is 19.5 Å². The third kappa shape index (κ3) is 3.72. The number of carbonyl (C=O) groups is 1. The van der Waals surface area contributed by atoms with Crippen LogP contribution in [0.4, 0.5) is 13.2 Å². The zero-order valence-electron chi connectivity index (χ0n) is 9.41. The molecule has 0 radical (unpaired) electrons. The second-order valence-electron chi connectivity index (χ2n) is 3.68. The molecule has 1 rings (SSSR count). The molecule has 0 bridgehead atoms. The average Bonchev–Trinajstić information content (AvgIpc) is 2.27. The van der Waals surface area contributed by atoms with Crippen LogP contribution >= 0.6 is 0 Å². The van der Waals surface area contributed by atoms with Crippen LogP contribution in [0.5, 0.6) is 0 Å². The lowest BCUT2D eigenvalue weighted by Gasteiger charge is -2.11. The highest BCUT2D eigenvalue weighted by atomic mass is 19.4. The van der Waals surface area contributed by atoms with Gasteiger partial charge >= 0.3 is 12.1 Å². The molecule has 1 heterocycles. The number of esters is 1. The van der Waals surface area contributed by atoms with Crippen molar-refractivity contribution >= 4 is 5.97 Å². The van der Waals surface area contributed by atoms with Crippen LogP contribution in [0.3, 0.4) is 0 Å². The minimum atomic E-state index is -4.47. The summed E-state index contributed by atoms with van der Waals surface area (Å²) in [5.41, 5.74) is -0.544. The summed E-state index contributed by atoms with van der Waals surface area (Å²) in [4.78, 5) is 14.4. The predicted octanol–water partition coefficient (Wildman–Crippen LogP) is 2.45. The molecule has 94 valence electrons. The number of methoxy groups -OCH3 is 1. The van der Waals surface area contributed by atoms with Crippen molar-refractivity contribution in [2.75, 3.05) is 7.11 Å². The maximum absolute atomic E-state index is 12.4. The molecule has 17 heavy (non-hydrogen) atoms. The first kappa shape index (κ1) is 13.5. The summed E-state index contributed by atoms with van der Waals surface area (Å²) in [6.45, 7) is 1.60. The number of alkyl halides is 3. The monoisotopic (exact) mass is 247 g/mol. The van der Waals surface area contributed by atoms with Gasteiger partial charge in [-0.25, -0.2) is 0 Å². The fourth-order valence-corrected chi connectivity index (χ4v) is 1.39. The quantitative estimate of drug-likeness (QED) is 0.770. The Morgan fingerprint density at radius 1 is 1.53 bits per heavy atom. The smallest absolute Gasteiger partial charge is 0.433 e. The van der Waals surface area contributed by atoms with E-state index < -0.39 is 23.8 Å². The van der Waals surface area contributed by atoms with Crippen molar-refractivity contribution < 1.29 is 22.7 Å². The number of hydrogen-bond acceptors (Lipinski definition) is 3. The van der Waals surface area contributed by atoms with Gasteiger partial charge in [0.15, 0.2) is 0 Å². The Labute approximate surface area is 96.6 Å². The maximum Gasteiger partial charge on any atom is 0.433 e. The van der Waals surface area contributed by atoms with Gasteiger partial charge in [-0.1, -0.05) is 6.92 Å². The van der Waals surface area contributed by atoms with Crippen LogP contribution < -0.4 is 0 Å². The fourth-order valence-electron chi connectivity index (χ4n) is 1.39. The third-order valence-electron chi connectivity index (χ3n) is 2.26. The number of hydrogen-bond donors (Lipinski definition) is 0. The van der Waals surface area contributed by atoms with E-state index in [9.17, 15) is 18.0 Å². The summed E-state index contributed by atoms with van der Waals surface area (Å²) in [6, 6.07) is 2.40. The minimum absolute atomic E-state index is 0.193. The van der Waals surface area contributed by atoms with Gasteiger partial charge < -0.3 is 4.74 Å². The molecule has 0 aliphatic heterocycles. The number of carbonyl (C=O) groups excluding carboxylic acids is 1. The molecule has 0 saturated carbocycles. The van der Waals surface area contributed by atoms with Gasteiger partial charge in [0.25, 0.3) is 0 Å². The van der Waals surface area contributed by atoms with Crippen molar-refractivity contribution in [1.82, 2.24) is 4.98 Å². The molecular weight excluding hydrogens is 235 g/mol. The van der Waals surface area contributed by atoms with E-state index in [1.165, 1.54) is 13.2 Å². The van der Waals surface area contributed by atoms with Gasteiger partial charge in [-0.05, 0) is 24.1 Å². The van der Waals surface area contributed by atoms with Crippen LogP contribution in [0.15, 0.2) is 18.3 Å². The number of nitrogens with zero attached hydrogens (tertiary/aromatic N) is 1. The maximum atomic E-state index is 12.4. The van der Waals surface area contributed by atoms with Gasteiger partial charge in [-0.2, -0.15) is 13.2 Å². The number of rotatable bonds is 3. The molecule has 1 aromatic heterocycles. The molecule has 3 nitrogen and oxygen atoms in total. The molecule has 1 atom stereocenters. The first-order chi connectivity index (χ1) is 7.84. The third-order valence-corrected chi connectivity index (χ3v) is 2.26. The molecule has 0 unspecified atom stereocenters. The summed E-state index contributed by atoms with van der Waals surface area (Å²) in [5, 5.41) is 0. The number of halogens is 3. The predicted molar refractivity (Wildman–Crippen MR) is 54.1 cm³/mol. The van der Waals surface area contributed by atoms with Crippen LogP contribution in [0.2, 0.25) is 0 Å². The van der Waals surface area contributed by atoms with E-state index >= 15 is 0 Å². The molecule has 0 aromatic carbocycles. The van der Waals surface area contributed by atoms with Crippen molar-refractivity contribution in [3.63, 3.8) is 0 Å². The average molecular weight is 247 g/mol.